The zero-order valence-corrected chi connectivity index (χ0v) is 18.4. The smallest absolute Gasteiger partial charge is 0.243 e. The van der Waals surface area contributed by atoms with E-state index >= 15 is 0 Å². The third kappa shape index (κ3) is 5.06. The molecule has 0 aliphatic heterocycles. The van der Waals surface area contributed by atoms with Crippen LogP contribution in [-0.2, 0) is 12.6 Å². The number of halogens is 4. The van der Waals surface area contributed by atoms with Gasteiger partial charge in [0.25, 0.3) is 0 Å². The van der Waals surface area contributed by atoms with Gasteiger partial charge in [0.05, 0.1) is 5.52 Å². The van der Waals surface area contributed by atoms with Gasteiger partial charge in [0.15, 0.2) is 0 Å². The molecule has 1 unspecified atom stereocenters. The minimum atomic E-state index is -4.43. The fraction of sp³-hybridized carbons (Fsp3) is 0.423. The van der Waals surface area contributed by atoms with E-state index < -0.39 is 11.9 Å². The number of nitrogens with zero attached hydrogens (tertiary/aromatic N) is 1. The molecule has 4 rings (SSSR count). The van der Waals surface area contributed by atoms with Crippen molar-refractivity contribution < 1.29 is 13.2 Å². The van der Waals surface area contributed by atoms with Crippen molar-refractivity contribution in [1.82, 2.24) is 4.98 Å². The second-order valence-corrected chi connectivity index (χ2v) is 9.17. The highest BCUT2D eigenvalue weighted by molar-refractivity contribution is 6.30. The molecule has 164 valence electrons. The molecule has 31 heavy (non-hydrogen) atoms. The Bertz CT molecular complexity index is 1020. The first kappa shape index (κ1) is 22.1. The van der Waals surface area contributed by atoms with E-state index in [1.165, 1.54) is 11.6 Å². The van der Waals surface area contributed by atoms with Gasteiger partial charge in [-0.05, 0) is 91.7 Å². The standard InChI is InChI=1S/C26H27ClF3N/c1-2-22(19-11-13-21(27)14-12-19)18-9-7-17(8-10-18)15-20-16-25(26(28,29)30)31-24-6-4-3-5-23(20)24/h3-6,11-14,16-18,22H,2,7-10,15H2,1H3. The third-order valence-corrected chi connectivity index (χ3v) is 7.05. The number of rotatable bonds is 5. The van der Waals surface area contributed by atoms with Crippen LogP contribution in [0, 0.1) is 11.8 Å². The molecular formula is C26H27ClF3N. The molecule has 1 aromatic heterocycles. The highest BCUT2D eigenvalue weighted by atomic mass is 35.5. The topological polar surface area (TPSA) is 12.9 Å². The molecule has 1 aliphatic carbocycles. The van der Waals surface area contributed by atoms with Crippen molar-refractivity contribution in [2.24, 2.45) is 11.8 Å². The number of aromatic nitrogens is 1. The largest absolute Gasteiger partial charge is 0.433 e. The van der Waals surface area contributed by atoms with Gasteiger partial charge < -0.3 is 0 Å². The van der Waals surface area contributed by atoms with Crippen LogP contribution in [0.5, 0.6) is 0 Å². The van der Waals surface area contributed by atoms with Crippen LogP contribution in [-0.4, -0.2) is 4.98 Å². The minimum absolute atomic E-state index is 0.408. The Balaban J connectivity index is 1.49. The Kier molecular flexibility index (Phi) is 6.57. The number of hydrogen-bond acceptors (Lipinski definition) is 1. The number of hydrogen-bond donors (Lipinski definition) is 0. The van der Waals surface area contributed by atoms with Crippen molar-refractivity contribution in [2.75, 3.05) is 0 Å². The highest BCUT2D eigenvalue weighted by Gasteiger charge is 2.34. The Morgan fingerprint density at radius 2 is 1.68 bits per heavy atom. The van der Waals surface area contributed by atoms with Crippen molar-refractivity contribution in [2.45, 2.75) is 57.5 Å². The Labute approximate surface area is 186 Å². The third-order valence-electron chi connectivity index (χ3n) is 6.80. The van der Waals surface area contributed by atoms with Crippen LogP contribution in [0.2, 0.25) is 5.02 Å². The minimum Gasteiger partial charge on any atom is -0.243 e. The van der Waals surface area contributed by atoms with Crippen molar-refractivity contribution in [1.29, 1.82) is 0 Å². The molecule has 0 radical (unpaired) electrons. The maximum Gasteiger partial charge on any atom is 0.433 e. The molecule has 1 saturated carbocycles. The van der Waals surface area contributed by atoms with Crippen molar-refractivity contribution in [3.05, 3.63) is 76.4 Å². The summed E-state index contributed by atoms with van der Waals surface area (Å²) in [6.45, 7) is 2.23. The average molecular weight is 446 g/mol. The van der Waals surface area contributed by atoms with E-state index in [-0.39, 0.29) is 0 Å². The van der Waals surface area contributed by atoms with E-state index in [9.17, 15) is 13.2 Å². The van der Waals surface area contributed by atoms with E-state index in [1.807, 2.05) is 24.3 Å². The Morgan fingerprint density at radius 1 is 1.00 bits per heavy atom. The lowest BCUT2D eigenvalue weighted by Gasteiger charge is -2.34. The fourth-order valence-electron chi connectivity index (χ4n) is 5.22. The highest BCUT2D eigenvalue weighted by Crippen LogP contribution is 2.42. The van der Waals surface area contributed by atoms with Crippen LogP contribution in [0.1, 0.15) is 61.8 Å². The molecule has 1 atom stereocenters. The van der Waals surface area contributed by atoms with E-state index in [2.05, 4.69) is 24.0 Å². The lowest BCUT2D eigenvalue weighted by Crippen LogP contribution is -2.22. The predicted molar refractivity (Wildman–Crippen MR) is 120 cm³/mol. The number of benzene rings is 2. The van der Waals surface area contributed by atoms with Crippen LogP contribution in [0.3, 0.4) is 0 Å². The summed E-state index contributed by atoms with van der Waals surface area (Å²) in [5.41, 5.74) is 1.75. The van der Waals surface area contributed by atoms with Gasteiger partial charge in [0.2, 0.25) is 0 Å². The van der Waals surface area contributed by atoms with Crippen LogP contribution >= 0.6 is 11.6 Å². The molecule has 3 aromatic rings. The van der Waals surface area contributed by atoms with Gasteiger partial charge in [-0.15, -0.1) is 0 Å². The molecule has 0 amide bonds. The number of para-hydroxylation sites is 1. The molecule has 2 aromatic carbocycles. The van der Waals surface area contributed by atoms with Gasteiger partial charge in [-0.2, -0.15) is 13.2 Å². The van der Waals surface area contributed by atoms with E-state index in [0.29, 0.717) is 29.7 Å². The van der Waals surface area contributed by atoms with Gasteiger partial charge in [-0.1, -0.05) is 48.9 Å². The number of pyridine rings is 1. The summed E-state index contributed by atoms with van der Waals surface area (Å²) in [7, 11) is 0. The zero-order valence-electron chi connectivity index (χ0n) is 17.6. The Morgan fingerprint density at radius 3 is 2.32 bits per heavy atom. The number of alkyl halides is 3. The molecular weight excluding hydrogens is 419 g/mol. The molecule has 0 N–H and O–H groups in total. The maximum absolute atomic E-state index is 13.4. The van der Waals surface area contributed by atoms with Gasteiger partial charge in [0, 0.05) is 10.4 Å². The number of fused-ring (bicyclic) bond motifs is 1. The maximum atomic E-state index is 13.4. The average Bonchev–Trinajstić information content (AvgIpc) is 2.76. The van der Waals surface area contributed by atoms with Crippen molar-refractivity contribution >= 4 is 22.5 Å². The van der Waals surface area contributed by atoms with Crippen LogP contribution in [0.4, 0.5) is 13.2 Å². The fourth-order valence-corrected chi connectivity index (χ4v) is 5.34. The van der Waals surface area contributed by atoms with Crippen LogP contribution in [0.15, 0.2) is 54.6 Å². The first-order valence-corrected chi connectivity index (χ1v) is 11.4. The lowest BCUT2D eigenvalue weighted by molar-refractivity contribution is -0.141. The first-order valence-electron chi connectivity index (χ1n) is 11.1. The summed E-state index contributed by atoms with van der Waals surface area (Å²) in [5, 5.41) is 1.59. The van der Waals surface area contributed by atoms with Crippen molar-refractivity contribution in [3.63, 3.8) is 0 Å². The molecule has 1 aliphatic rings. The quantitative estimate of drug-likeness (QED) is 0.384. The molecule has 0 saturated heterocycles. The molecule has 0 bridgehead atoms. The van der Waals surface area contributed by atoms with Crippen LogP contribution in [0.25, 0.3) is 10.9 Å². The van der Waals surface area contributed by atoms with Gasteiger partial charge >= 0.3 is 6.18 Å². The normalized spacial score (nSPS) is 20.7. The van der Waals surface area contributed by atoms with E-state index in [4.69, 9.17) is 11.6 Å². The van der Waals surface area contributed by atoms with Gasteiger partial charge in [0.1, 0.15) is 5.69 Å². The summed E-state index contributed by atoms with van der Waals surface area (Å²) in [5.74, 6) is 1.53. The van der Waals surface area contributed by atoms with Crippen LogP contribution < -0.4 is 0 Å². The summed E-state index contributed by atoms with van der Waals surface area (Å²) in [4.78, 5) is 3.85. The summed E-state index contributed by atoms with van der Waals surface area (Å²) in [6, 6.07) is 16.6. The summed E-state index contributed by atoms with van der Waals surface area (Å²) >= 11 is 6.05. The molecule has 0 spiro atoms. The monoisotopic (exact) mass is 445 g/mol. The molecule has 1 fully saturated rings. The molecule has 5 heteroatoms. The second-order valence-electron chi connectivity index (χ2n) is 8.73. The predicted octanol–water partition coefficient (Wildman–Crippen LogP) is 8.45. The second kappa shape index (κ2) is 9.20. The summed E-state index contributed by atoms with van der Waals surface area (Å²) in [6.07, 6.45) is 1.66. The van der Waals surface area contributed by atoms with Crippen molar-refractivity contribution in [3.8, 4) is 0 Å². The van der Waals surface area contributed by atoms with E-state index in [0.717, 1.165) is 48.1 Å². The first-order chi connectivity index (χ1) is 14.8. The Hall–Kier alpha value is -2.07. The zero-order chi connectivity index (χ0) is 22.0. The van der Waals surface area contributed by atoms with Gasteiger partial charge in [-0.3, -0.25) is 0 Å². The SMILES string of the molecule is CCC(c1ccc(Cl)cc1)C1CCC(Cc2cc(C(F)(F)F)nc3ccccc23)CC1. The van der Waals surface area contributed by atoms with E-state index in [1.54, 1.807) is 12.1 Å². The lowest BCUT2D eigenvalue weighted by atomic mass is 9.71. The summed E-state index contributed by atoms with van der Waals surface area (Å²) < 4.78 is 40.1. The molecule has 1 nitrogen and oxygen atoms in total. The van der Waals surface area contributed by atoms with Gasteiger partial charge in [-0.25, -0.2) is 4.98 Å². The molecule has 1 heterocycles.